The van der Waals surface area contributed by atoms with Crippen molar-refractivity contribution < 1.29 is 14.3 Å². The Morgan fingerprint density at radius 1 is 1.23 bits per heavy atom. The molecule has 1 aliphatic heterocycles. The van der Waals surface area contributed by atoms with Gasteiger partial charge in [-0.25, -0.2) is 0 Å². The molecule has 0 aromatic heterocycles. The number of rotatable bonds is 6. The molecule has 0 atom stereocenters. The van der Waals surface area contributed by atoms with E-state index in [1.807, 2.05) is 57.2 Å². The summed E-state index contributed by atoms with van der Waals surface area (Å²) in [5.41, 5.74) is 2.46. The number of hydrogen-bond donors (Lipinski definition) is 1. The second-order valence-corrected chi connectivity index (χ2v) is 8.15. The van der Waals surface area contributed by atoms with Gasteiger partial charge in [-0.1, -0.05) is 18.2 Å². The van der Waals surface area contributed by atoms with Crippen LogP contribution in [-0.4, -0.2) is 18.6 Å². The highest BCUT2D eigenvalue weighted by molar-refractivity contribution is 7.98. The van der Waals surface area contributed by atoms with E-state index in [4.69, 9.17) is 21.1 Å². The number of carbonyl (C=O) groups is 1. The molecule has 1 heterocycles. The largest absolute Gasteiger partial charge is 0.454 e. The minimum Gasteiger partial charge on any atom is -0.454 e. The molecule has 0 spiro atoms. The number of anilines is 1. The number of nitrogens with one attached hydrogen (secondary N) is 1. The first-order chi connectivity index (χ1) is 12.4. The van der Waals surface area contributed by atoms with Crippen molar-refractivity contribution in [2.45, 2.75) is 31.4 Å². The number of fused-ring (bicyclic) bond motifs is 1. The smallest absolute Gasteiger partial charge is 0.231 e. The van der Waals surface area contributed by atoms with Crippen LogP contribution >= 0.6 is 23.4 Å². The summed E-state index contributed by atoms with van der Waals surface area (Å²) in [6.07, 6.45) is 0. The van der Waals surface area contributed by atoms with E-state index in [-0.39, 0.29) is 18.6 Å². The van der Waals surface area contributed by atoms with E-state index < -0.39 is 5.41 Å². The maximum absolute atomic E-state index is 12.5. The first kappa shape index (κ1) is 18.9. The van der Waals surface area contributed by atoms with E-state index in [0.29, 0.717) is 0 Å². The Bertz CT molecular complexity index is 823. The van der Waals surface area contributed by atoms with Gasteiger partial charge in [-0.3, -0.25) is 4.79 Å². The monoisotopic (exact) mass is 391 g/mol. The summed E-state index contributed by atoms with van der Waals surface area (Å²) in [5, 5.41) is 3.03. The molecule has 2 aromatic rings. The fourth-order valence-corrected chi connectivity index (χ4v) is 3.66. The Hall–Kier alpha value is -1.85. The average Bonchev–Trinajstić information content (AvgIpc) is 3.09. The number of thioether (sulfide) groups is 1. The van der Waals surface area contributed by atoms with E-state index in [0.717, 1.165) is 39.0 Å². The van der Waals surface area contributed by atoms with E-state index in [1.165, 1.54) is 0 Å². The van der Waals surface area contributed by atoms with Crippen LogP contribution in [0.15, 0.2) is 41.3 Å². The number of amides is 1. The van der Waals surface area contributed by atoms with Crippen molar-refractivity contribution in [2.75, 3.05) is 18.0 Å². The van der Waals surface area contributed by atoms with Gasteiger partial charge in [0.15, 0.2) is 11.5 Å². The third kappa shape index (κ3) is 4.10. The third-order valence-electron chi connectivity index (χ3n) is 4.23. The van der Waals surface area contributed by atoms with E-state index in [1.54, 1.807) is 11.8 Å². The molecule has 26 heavy (non-hydrogen) atoms. The second kappa shape index (κ2) is 7.80. The van der Waals surface area contributed by atoms with Crippen LogP contribution in [0.3, 0.4) is 0 Å². The average molecular weight is 392 g/mol. The highest BCUT2D eigenvalue weighted by Crippen LogP contribution is 2.37. The van der Waals surface area contributed by atoms with Crippen LogP contribution in [0, 0.1) is 12.3 Å². The van der Waals surface area contributed by atoms with Gasteiger partial charge in [-0.15, -0.1) is 23.4 Å². The number of halogens is 1. The number of ether oxygens (including phenoxy) is 2. The fourth-order valence-electron chi connectivity index (χ4n) is 2.48. The van der Waals surface area contributed by atoms with Gasteiger partial charge in [0.05, 0.1) is 11.1 Å². The highest BCUT2D eigenvalue weighted by atomic mass is 35.5. The lowest BCUT2D eigenvalue weighted by molar-refractivity contribution is -0.122. The molecule has 2 aromatic carbocycles. The van der Waals surface area contributed by atoms with Gasteiger partial charge in [0, 0.05) is 16.5 Å². The maximum atomic E-state index is 12.5. The van der Waals surface area contributed by atoms with Crippen molar-refractivity contribution in [3.8, 4) is 11.5 Å². The predicted molar refractivity (Wildman–Crippen MR) is 106 cm³/mol. The maximum Gasteiger partial charge on any atom is 0.231 e. The summed E-state index contributed by atoms with van der Waals surface area (Å²) < 4.78 is 10.8. The van der Waals surface area contributed by atoms with Crippen molar-refractivity contribution in [1.29, 1.82) is 0 Å². The molecule has 1 N–H and O–H groups in total. The third-order valence-corrected chi connectivity index (χ3v) is 6.21. The first-order valence-corrected chi connectivity index (χ1v) is 9.91. The Labute approximate surface area is 163 Å². The van der Waals surface area contributed by atoms with Crippen molar-refractivity contribution >= 4 is 35.0 Å². The minimum atomic E-state index is -0.620. The first-order valence-electron chi connectivity index (χ1n) is 8.39. The summed E-state index contributed by atoms with van der Waals surface area (Å²) in [5.74, 6) is 2.52. The molecule has 0 saturated heterocycles. The molecule has 0 saturated carbocycles. The molecular weight excluding hydrogens is 370 g/mol. The summed E-state index contributed by atoms with van der Waals surface area (Å²) in [6.45, 7) is 6.00. The summed E-state index contributed by atoms with van der Waals surface area (Å²) >= 11 is 7.61. The molecule has 6 heteroatoms. The topological polar surface area (TPSA) is 47.6 Å². The van der Waals surface area contributed by atoms with Crippen molar-refractivity contribution in [3.05, 3.63) is 47.5 Å². The molecule has 1 aliphatic rings. The van der Waals surface area contributed by atoms with Gasteiger partial charge in [0.2, 0.25) is 12.7 Å². The number of alkyl halides is 1. The van der Waals surface area contributed by atoms with E-state index in [2.05, 4.69) is 5.32 Å². The summed E-state index contributed by atoms with van der Waals surface area (Å²) in [7, 11) is 0. The summed E-state index contributed by atoms with van der Waals surface area (Å²) in [4.78, 5) is 13.6. The molecule has 0 bridgehead atoms. The Morgan fingerprint density at radius 2 is 2.00 bits per heavy atom. The van der Waals surface area contributed by atoms with E-state index >= 15 is 0 Å². The molecule has 4 nitrogen and oxygen atoms in total. The van der Waals surface area contributed by atoms with Crippen LogP contribution in [0.2, 0.25) is 0 Å². The molecular formula is C20H22ClNO3S. The summed E-state index contributed by atoms with van der Waals surface area (Å²) in [6, 6.07) is 11.9. The zero-order chi connectivity index (χ0) is 18.7. The predicted octanol–water partition coefficient (Wildman–Crippen LogP) is 5.22. The van der Waals surface area contributed by atoms with Crippen LogP contribution < -0.4 is 14.8 Å². The van der Waals surface area contributed by atoms with Crippen LogP contribution in [0.5, 0.6) is 11.5 Å². The number of hydrogen-bond acceptors (Lipinski definition) is 4. The van der Waals surface area contributed by atoms with Crippen molar-refractivity contribution in [3.63, 3.8) is 0 Å². The lowest BCUT2D eigenvalue weighted by Gasteiger charge is -2.22. The van der Waals surface area contributed by atoms with Crippen LogP contribution in [-0.2, 0) is 10.5 Å². The molecule has 0 radical (unpaired) electrons. The second-order valence-electron chi connectivity index (χ2n) is 6.90. The zero-order valence-corrected chi connectivity index (χ0v) is 16.7. The van der Waals surface area contributed by atoms with Crippen molar-refractivity contribution in [2.24, 2.45) is 5.41 Å². The SMILES string of the molecule is Cc1cccc(NC(=O)C(C)(C)CCl)c1SCc1ccc2c(c1)OCO2. The van der Waals surface area contributed by atoms with Crippen LogP contribution in [0.4, 0.5) is 5.69 Å². The standard InChI is InChI=1S/C20H22ClNO3S/c1-13-5-4-6-15(22-19(23)20(2,3)11-21)18(13)26-10-14-7-8-16-17(9-14)25-12-24-16/h4-9H,10-12H2,1-3H3,(H,22,23). The van der Waals surface area contributed by atoms with E-state index in [9.17, 15) is 4.79 Å². The lowest BCUT2D eigenvalue weighted by Crippen LogP contribution is -2.32. The minimum absolute atomic E-state index is 0.0805. The molecule has 0 unspecified atom stereocenters. The molecule has 138 valence electrons. The zero-order valence-electron chi connectivity index (χ0n) is 15.1. The number of aryl methyl sites for hydroxylation is 1. The number of carbonyl (C=O) groups excluding carboxylic acids is 1. The van der Waals surface area contributed by atoms with Gasteiger partial charge in [-0.05, 0) is 50.1 Å². The quantitative estimate of drug-likeness (QED) is 0.541. The Kier molecular flexibility index (Phi) is 5.68. The van der Waals surface area contributed by atoms with Gasteiger partial charge in [0.1, 0.15) is 0 Å². The Morgan fingerprint density at radius 3 is 2.77 bits per heavy atom. The number of benzene rings is 2. The fraction of sp³-hybridized carbons (Fsp3) is 0.350. The Balaban J connectivity index is 1.76. The van der Waals surface area contributed by atoms with Gasteiger partial charge in [0.25, 0.3) is 0 Å². The highest BCUT2D eigenvalue weighted by Gasteiger charge is 2.27. The van der Waals surface area contributed by atoms with Gasteiger partial charge in [-0.2, -0.15) is 0 Å². The van der Waals surface area contributed by atoms with Crippen LogP contribution in [0.25, 0.3) is 0 Å². The van der Waals surface area contributed by atoms with Crippen LogP contribution in [0.1, 0.15) is 25.0 Å². The molecule has 0 aliphatic carbocycles. The lowest BCUT2D eigenvalue weighted by atomic mass is 9.95. The normalized spacial score (nSPS) is 12.9. The van der Waals surface area contributed by atoms with Gasteiger partial charge < -0.3 is 14.8 Å². The molecule has 0 fully saturated rings. The molecule has 3 rings (SSSR count). The molecule has 1 amide bonds. The van der Waals surface area contributed by atoms with Crippen molar-refractivity contribution in [1.82, 2.24) is 0 Å². The van der Waals surface area contributed by atoms with Gasteiger partial charge >= 0.3 is 0 Å².